The van der Waals surface area contributed by atoms with Gasteiger partial charge in [-0.15, -0.1) is 6.58 Å². The average molecular weight is 200 g/mol. The fourth-order valence-electron chi connectivity index (χ4n) is 1.56. The van der Waals surface area contributed by atoms with Gasteiger partial charge in [0, 0.05) is 0 Å². The Balaban J connectivity index is 2.44. The van der Waals surface area contributed by atoms with Crippen LogP contribution in [0.15, 0.2) is 49.1 Å². The molecule has 1 aromatic carbocycles. The van der Waals surface area contributed by atoms with E-state index in [1.165, 1.54) is 11.1 Å². The van der Waals surface area contributed by atoms with Gasteiger partial charge in [-0.25, -0.2) is 0 Å². The van der Waals surface area contributed by atoms with E-state index in [1.54, 1.807) is 0 Å². The second-order valence-electron chi connectivity index (χ2n) is 3.75. The second-order valence-corrected chi connectivity index (χ2v) is 3.75. The van der Waals surface area contributed by atoms with Gasteiger partial charge >= 0.3 is 0 Å². The molecule has 1 aromatic rings. The SMILES string of the molecule is C=CCCc1ccc(CCC=CC)cc1. The lowest BCUT2D eigenvalue weighted by Crippen LogP contribution is -1.86. The molecule has 0 fully saturated rings. The van der Waals surface area contributed by atoms with Crippen molar-refractivity contribution in [3.05, 3.63) is 60.2 Å². The fourth-order valence-corrected chi connectivity index (χ4v) is 1.56. The van der Waals surface area contributed by atoms with Crippen molar-refractivity contribution < 1.29 is 0 Å². The van der Waals surface area contributed by atoms with Crippen LogP contribution < -0.4 is 0 Å². The van der Waals surface area contributed by atoms with Gasteiger partial charge in [-0.05, 0) is 43.7 Å². The molecule has 0 aliphatic carbocycles. The maximum atomic E-state index is 3.74. The molecule has 1 rings (SSSR count). The summed E-state index contributed by atoms with van der Waals surface area (Å²) in [6, 6.07) is 8.94. The molecule has 0 saturated carbocycles. The van der Waals surface area contributed by atoms with E-state index in [0.717, 1.165) is 25.7 Å². The molecule has 0 heteroatoms. The Labute approximate surface area is 93.3 Å². The molecule has 0 aliphatic rings. The summed E-state index contributed by atoms with van der Waals surface area (Å²) in [4.78, 5) is 0. The molecule has 0 atom stereocenters. The Bertz CT molecular complexity index is 303. The van der Waals surface area contributed by atoms with Crippen molar-refractivity contribution in [3.63, 3.8) is 0 Å². The van der Waals surface area contributed by atoms with E-state index >= 15 is 0 Å². The summed E-state index contributed by atoms with van der Waals surface area (Å²) in [5.74, 6) is 0. The summed E-state index contributed by atoms with van der Waals surface area (Å²) >= 11 is 0. The summed E-state index contributed by atoms with van der Waals surface area (Å²) in [6.45, 7) is 5.80. The van der Waals surface area contributed by atoms with Crippen LogP contribution in [0.25, 0.3) is 0 Å². The van der Waals surface area contributed by atoms with Crippen molar-refractivity contribution in [2.75, 3.05) is 0 Å². The highest BCUT2D eigenvalue weighted by Crippen LogP contribution is 2.09. The Kier molecular flexibility index (Phi) is 5.54. The molecular weight excluding hydrogens is 180 g/mol. The zero-order valence-electron chi connectivity index (χ0n) is 9.58. The zero-order valence-corrected chi connectivity index (χ0v) is 9.58. The van der Waals surface area contributed by atoms with Crippen molar-refractivity contribution in [2.24, 2.45) is 0 Å². The summed E-state index contributed by atoms with van der Waals surface area (Å²) in [6.07, 6.45) is 10.8. The predicted molar refractivity (Wildman–Crippen MR) is 68.1 cm³/mol. The number of aryl methyl sites for hydroxylation is 2. The molecule has 15 heavy (non-hydrogen) atoms. The first-order valence-corrected chi connectivity index (χ1v) is 5.66. The number of allylic oxidation sites excluding steroid dienone is 3. The Morgan fingerprint density at radius 3 is 2.00 bits per heavy atom. The third kappa shape index (κ3) is 4.64. The monoisotopic (exact) mass is 200 g/mol. The molecule has 0 bridgehead atoms. The highest BCUT2D eigenvalue weighted by molar-refractivity contribution is 5.23. The first-order chi connectivity index (χ1) is 7.36. The van der Waals surface area contributed by atoms with Crippen molar-refractivity contribution >= 4 is 0 Å². The fraction of sp³-hybridized carbons (Fsp3) is 0.333. The number of rotatable bonds is 6. The van der Waals surface area contributed by atoms with Gasteiger partial charge in [-0.3, -0.25) is 0 Å². The molecule has 0 aromatic heterocycles. The number of benzene rings is 1. The molecule has 0 radical (unpaired) electrons. The third-order valence-electron chi connectivity index (χ3n) is 2.50. The van der Waals surface area contributed by atoms with Crippen LogP contribution in [0.5, 0.6) is 0 Å². The molecule has 0 aliphatic heterocycles. The molecule has 0 unspecified atom stereocenters. The summed E-state index contributed by atoms with van der Waals surface area (Å²) < 4.78 is 0. The average Bonchev–Trinajstić information content (AvgIpc) is 2.28. The zero-order chi connectivity index (χ0) is 10.9. The Morgan fingerprint density at radius 2 is 1.53 bits per heavy atom. The molecule has 80 valence electrons. The van der Waals surface area contributed by atoms with Crippen molar-refractivity contribution in [3.8, 4) is 0 Å². The van der Waals surface area contributed by atoms with Gasteiger partial charge in [-0.1, -0.05) is 42.5 Å². The molecule has 0 nitrogen and oxygen atoms in total. The lowest BCUT2D eigenvalue weighted by molar-refractivity contribution is 0.977. The number of hydrogen-bond donors (Lipinski definition) is 0. The van der Waals surface area contributed by atoms with Crippen molar-refractivity contribution in [2.45, 2.75) is 32.6 Å². The predicted octanol–water partition coefficient (Wildman–Crippen LogP) is 4.31. The van der Waals surface area contributed by atoms with Crippen LogP contribution in [0.1, 0.15) is 30.9 Å². The van der Waals surface area contributed by atoms with Crippen LogP contribution in [0.3, 0.4) is 0 Å². The van der Waals surface area contributed by atoms with Crippen LogP contribution >= 0.6 is 0 Å². The maximum absolute atomic E-state index is 3.74. The lowest BCUT2D eigenvalue weighted by Gasteiger charge is -2.01. The van der Waals surface area contributed by atoms with Gasteiger partial charge in [-0.2, -0.15) is 0 Å². The van der Waals surface area contributed by atoms with Crippen LogP contribution in [0.2, 0.25) is 0 Å². The minimum absolute atomic E-state index is 1.07. The van der Waals surface area contributed by atoms with Crippen molar-refractivity contribution in [1.82, 2.24) is 0 Å². The van der Waals surface area contributed by atoms with Crippen LogP contribution in [0, 0.1) is 0 Å². The second kappa shape index (κ2) is 7.05. The van der Waals surface area contributed by atoms with Gasteiger partial charge in [0.25, 0.3) is 0 Å². The van der Waals surface area contributed by atoms with Gasteiger partial charge in [0.15, 0.2) is 0 Å². The lowest BCUT2D eigenvalue weighted by atomic mass is 10.0. The standard InChI is InChI=1S/C15H20/c1-3-5-7-9-15-12-10-14(11-13-15)8-6-4-2/h3-5,10-13H,2,6-9H2,1H3. The summed E-state index contributed by atoms with van der Waals surface area (Å²) in [5, 5.41) is 0. The van der Waals surface area contributed by atoms with Crippen molar-refractivity contribution in [1.29, 1.82) is 0 Å². The first-order valence-electron chi connectivity index (χ1n) is 5.66. The normalized spacial score (nSPS) is 10.7. The van der Waals surface area contributed by atoms with Crippen LogP contribution in [-0.4, -0.2) is 0 Å². The first kappa shape index (κ1) is 11.8. The minimum Gasteiger partial charge on any atom is -0.103 e. The van der Waals surface area contributed by atoms with E-state index in [1.807, 2.05) is 6.08 Å². The quantitative estimate of drug-likeness (QED) is 0.600. The van der Waals surface area contributed by atoms with Gasteiger partial charge in [0.1, 0.15) is 0 Å². The van der Waals surface area contributed by atoms with Gasteiger partial charge in [0.05, 0.1) is 0 Å². The molecular formula is C15H20. The largest absolute Gasteiger partial charge is 0.103 e. The Morgan fingerprint density at radius 1 is 1.00 bits per heavy atom. The Hall–Kier alpha value is -1.30. The smallest absolute Gasteiger partial charge is 0.0244 e. The topological polar surface area (TPSA) is 0 Å². The summed E-state index contributed by atoms with van der Waals surface area (Å²) in [5.41, 5.74) is 2.83. The van der Waals surface area contributed by atoms with Gasteiger partial charge in [0.2, 0.25) is 0 Å². The van der Waals surface area contributed by atoms with Gasteiger partial charge < -0.3 is 0 Å². The molecule has 0 heterocycles. The number of hydrogen-bond acceptors (Lipinski definition) is 0. The highest BCUT2D eigenvalue weighted by atomic mass is 14.0. The van der Waals surface area contributed by atoms with Crippen LogP contribution in [-0.2, 0) is 12.8 Å². The van der Waals surface area contributed by atoms with E-state index in [4.69, 9.17) is 0 Å². The van der Waals surface area contributed by atoms with E-state index in [2.05, 4.69) is 49.9 Å². The molecule has 0 amide bonds. The van der Waals surface area contributed by atoms with E-state index in [9.17, 15) is 0 Å². The minimum atomic E-state index is 1.07. The highest BCUT2D eigenvalue weighted by Gasteiger charge is 1.93. The summed E-state index contributed by atoms with van der Waals surface area (Å²) in [7, 11) is 0. The van der Waals surface area contributed by atoms with E-state index < -0.39 is 0 Å². The third-order valence-corrected chi connectivity index (χ3v) is 2.50. The molecule has 0 saturated heterocycles. The maximum Gasteiger partial charge on any atom is -0.0244 e. The van der Waals surface area contributed by atoms with E-state index in [-0.39, 0.29) is 0 Å². The van der Waals surface area contributed by atoms with Crippen LogP contribution in [0.4, 0.5) is 0 Å². The molecule has 0 N–H and O–H groups in total. The van der Waals surface area contributed by atoms with E-state index in [0.29, 0.717) is 0 Å². The molecule has 0 spiro atoms.